The number of hydrogen-bond acceptors (Lipinski definition) is 3. The molecule has 0 aliphatic rings. The molecule has 0 aliphatic heterocycles. The molecule has 0 saturated carbocycles. The topological polar surface area (TPSA) is 46.5 Å². The first-order valence-electron chi connectivity index (χ1n) is 11.0. The molecule has 0 saturated heterocycles. The summed E-state index contributed by atoms with van der Waals surface area (Å²) in [5, 5.41) is 12.7. The minimum atomic E-state index is -1.09. The lowest BCUT2D eigenvalue weighted by atomic mass is 9.85. The van der Waals surface area contributed by atoms with Crippen LogP contribution in [0.2, 0.25) is 5.02 Å². The number of halogens is 1. The van der Waals surface area contributed by atoms with Gasteiger partial charge in [0, 0.05) is 10.6 Å². The fourth-order valence-corrected chi connectivity index (χ4v) is 3.94. The Balaban J connectivity index is 2.40. The van der Waals surface area contributed by atoms with Crippen molar-refractivity contribution >= 4 is 28.2 Å². The number of carbonyl (C=O) groups excluding carboxylic acids is 1. The lowest BCUT2D eigenvalue weighted by Gasteiger charge is -2.29. The fraction of sp³-hybridized carbons (Fsp3) is 0.345. The summed E-state index contributed by atoms with van der Waals surface area (Å²) >= 11 is 6.18. The zero-order chi connectivity index (χ0) is 24.6. The van der Waals surface area contributed by atoms with Crippen molar-refractivity contribution in [3.8, 4) is 23.0 Å². The van der Waals surface area contributed by atoms with Gasteiger partial charge in [-0.25, -0.2) is 0 Å². The van der Waals surface area contributed by atoms with Crippen LogP contribution in [0.1, 0.15) is 64.3 Å². The third kappa shape index (κ3) is 6.24. The van der Waals surface area contributed by atoms with Crippen molar-refractivity contribution < 1.29 is 14.6 Å². The van der Waals surface area contributed by atoms with Crippen molar-refractivity contribution in [3.63, 3.8) is 0 Å². The quantitative estimate of drug-likeness (QED) is 0.423. The third-order valence-corrected chi connectivity index (χ3v) is 5.39. The molecule has 172 valence electrons. The molecule has 0 fully saturated rings. The minimum absolute atomic E-state index is 0.0550. The molecule has 0 aromatic heterocycles. The van der Waals surface area contributed by atoms with Gasteiger partial charge in [-0.2, -0.15) is 0 Å². The number of aryl methyl sites for hydroxylation is 1. The summed E-state index contributed by atoms with van der Waals surface area (Å²) in [7, 11) is 0. The van der Waals surface area contributed by atoms with Crippen LogP contribution in [0.15, 0.2) is 48.5 Å². The number of ketones is 1. The van der Waals surface area contributed by atoms with Gasteiger partial charge in [0.05, 0.1) is 5.60 Å². The molecule has 3 rings (SSSR count). The maximum Gasteiger partial charge on any atom is 0.163 e. The van der Waals surface area contributed by atoms with Crippen LogP contribution in [0, 0.1) is 18.8 Å². The largest absolute Gasteiger partial charge is 0.378 e. The van der Waals surface area contributed by atoms with Crippen LogP contribution in [0.3, 0.4) is 0 Å². The van der Waals surface area contributed by atoms with E-state index in [1.807, 2.05) is 70.2 Å². The van der Waals surface area contributed by atoms with E-state index in [4.69, 9.17) is 16.3 Å². The van der Waals surface area contributed by atoms with Gasteiger partial charge in [-0.3, -0.25) is 4.79 Å². The van der Waals surface area contributed by atoms with Gasteiger partial charge >= 0.3 is 0 Å². The Bertz CT molecular complexity index is 1250. The van der Waals surface area contributed by atoms with Crippen LogP contribution >= 0.6 is 11.6 Å². The van der Waals surface area contributed by atoms with Crippen LogP contribution in [-0.4, -0.2) is 22.1 Å². The standard InChI is InChI=1S/C29H31ClO3/c1-18-16-22-9-8-20(14-15-29(6,7)32)17-24(22)26(21-10-12-23(30)13-11-21)25(18)27(19(2)31)33-28(3,4)5/h8-13,16-17,27,32H,1-7H3. The number of carbonyl (C=O) groups is 1. The van der Waals surface area contributed by atoms with Crippen LogP contribution < -0.4 is 0 Å². The third-order valence-electron chi connectivity index (χ3n) is 5.14. The Kier molecular flexibility index (Phi) is 7.05. The molecule has 3 nitrogen and oxygen atoms in total. The van der Waals surface area contributed by atoms with Gasteiger partial charge in [0.15, 0.2) is 5.78 Å². The van der Waals surface area contributed by atoms with Crippen molar-refractivity contribution in [1.29, 1.82) is 0 Å². The normalized spacial score (nSPS) is 12.9. The van der Waals surface area contributed by atoms with Crippen molar-refractivity contribution in [2.24, 2.45) is 0 Å². The van der Waals surface area contributed by atoms with Crippen molar-refractivity contribution in [3.05, 3.63) is 70.2 Å². The minimum Gasteiger partial charge on any atom is -0.378 e. The molecule has 4 heteroatoms. The second-order valence-electron chi connectivity index (χ2n) is 9.95. The molecule has 0 spiro atoms. The van der Waals surface area contributed by atoms with E-state index in [0.717, 1.165) is 38.6 Å². The summed E-state index contributed by atoms with van der Waals surface area (Å²) in [4.78, 5) is 12.8. The summed E-state index contributed by atoms with van der Waals surface area (Å²) in [5.74, 6) is 5.89. The average Bonchev–Trinajstić information content (AvgIpc) is 2.69. The van der Waals surface area contributed by atoms with Crippen molar-refractivity contribution in [2.75, 3.05) is 0 Å². The number of hydrogen-bond donors (Lipinski definition) is 1. The molecule has 0 bridgehead atoms. The number of benzene rings is 3. The second-order valence-corrected chi connectivity index (χ2v) is 10.4. The summed E-state index contributed by atoms with van der Waals surface area (Å²) < 4.78 is 6.29. The van der Waals surface area contributed by atoms with E-state index in [1.165, 1.54) is 0 Å². The Hall–Kier alpha value is -2.64. The summed E-state index contributed by atoms with van der Waals surface area (Å²) in [5.41, 5.74) is 2.89. The van der Waals surface area contributed by atoms with Gasteiger partial charge in [0.25, 0.3) is 0 Å². The maximum atomic E-state index is 12.8. The molecule has 3 aromatic carbocycles. The Morgan fingerprint density at radius 1 is 1.03 bits per heavy atom. The molecule has 3 aromatic rings. The molecule has 1 atom stereocenters. The highest BCUT2D eigenvalue weighted by Gasteiger charge is 2.29. The highest BCUT2D eigenvalue weighted by atomic mass is 35.5. The fourth-order valence-electron chi connectivity index (χ4n) is 3.82. The molecule has 33 heavy (non-hydrogen) atoms. The van der Waals surface area contributed by atoms with Gasteiger partial charge in [-0.1, -0.05) is 47.7 Å². The van der Waals surface area contributed by atoms with Crippen LogP contribution in [-0.2, 0) is 9.53 Å². The van der Waals surface area contributed by atoms with Gasteiger partial charge in [-0.15, -0.1) is 0 Å². The molecule has 1 N–H and O–H groups in total. The molecular weight excluding hydrogens is 432 g/mol. The number of fused-ring (bicyclic) bond motifs is 1. The van der Waals surface area contributed by atoms with Crippen LogP contribution in [0.25, 0.3) is 21.9 Å². The van der Waals surface area contributed by atoms with Gasteiger partial charge < -0.3 is 9.84 Å². The molecular formula is C29H31ClO3. The Labute approximate surface area is 201 Å². The van der Waals surface area contributed by atoms with E-state index in [-0.39, 0.29) is 5.78 Å². The Morgan fingerprint density at radius 3 is 2.21 bits per heavy atom. The summed E-state index contributed by atoms with van der Waals surface area (Å²) in [6.45, 7) is 12.7. The average molecular weight is 463 g/mol. The zero-order valence-electron chi connectivity index (χ0n) is 20.3. The summed E-state index contributed by atoms with van der Waals surface area (Å²) in [6, 6.07) is 15.7. The first-order valence-corrected chi connectivity index (χ1v) is 11.4. The van der Waals surface area contributed by atoms with Gasteiger partial charge in [0.2, 0.25) is 0 Å². The smallest absolute Gasteiger partial charge is 0.163 e. The van der Waals surface area contributed by atoms with Crippen LogP contribution in [0.5, 0.6) is 0 Å². The van der Waals surface area contributed by atoms with E-state index in [2.05, 4.69) is 17.9 Å². The molecule has 0 amide bonds. The van der Waals surface area contributed by atoms with Crippen molar-refractivity contribution in [2.45, 2.75) is 65.8 Å². The highest BCUT2D eigenvalue weighted by Crippen LogP contribution is 2.41. The number of ether oxygens (including phenoxy) is 1. The number of rotatable bonds is 4. The molecule has 0 aliphatic carbocycles. The van der Waals surface area contributed by atoms with Crippen LogP contribution in [0.4, 0.5) is 0 Å². The predicted molar refractivity (Wildman–Crippen MR) is 137 cm³/mol. The van der Waals surface area contributed by atoms with Gasteiger partial charge in [-0.05, 0) is 106 Å². The molecule has 0 heterocycles. The zero-order valence-corrected chi connectivity index (χ0v) is 21.1. The van der Waals surface area contributed by atoms with E-state index in [0.29, 0.717) is 5.02 Å². The van der Waals surface area contributed by atoms with E-state index in [1.54, 1.807) is 20.8 Å². The van der Waals surface area contributed by atoms with E-state index < -0.39 is 17.3 Å². The lowest BCUT2D eigenvalue weighted by Crippen LogP contribution is -2.27. The predicted octanol–water partition coefficient (Wildman–Crippen LogP) is 7.04. The SMILES string of the molecule is CC(=O)C(OC(C)(C)C)c1c(C)cc2ccc(C#CC(C)(C)O)cc2c1-c1ccc(Cl)cc1. The van der Waals surface area contributed by atoms with Gasteiger partial charge in [0.1, 0.15) is 11.7 Å². The highest BCUT2D eigenvalue weighted by molar-refractivity contribution is 6.30. The lowest BCUT2D eigenvalue weighted by molar-refractivity contribution is -0.138. The molecule has 0 radical (unpaired) electrons. The second kappa shape index (κ2) is 9.31. The first-order chi connectivity index (χ1) is 15.2. The van der Waals surface area contributed by atoms with E-state index >= 15 is 0 Å². The molecule has 1 unspecified atom stereocenters. The number of aliphatic hydroxyl groups is 1. The first kappa shape index (κ1) is 25.0. The number of Topliss-reactive ketones (excluding diaryl/α,β-unsaturated/α-hetero) is 1. The summed E-state index contributed by atoms with van der Waals surface area (Å²) in [6.07, 6.45) is -0.716. The Morgan fingerprint density at radius 2 is 1.67 bits per heavy atom. The van der Waals surface area contributed by atoms with E-state index in [9.17, 15) is 9.90 Å². The monoisotopic (exact) mass is 462 g/mol. The van der Waals surface area contributed by atoms with Crippen molar-refractivity contribution in [1.82, 2.24) is 0 Å². The maximum absolute atomic E-state index is 12.8.